The van der Waals surface area contributed by atoms with Crippen LogP contribution in [0.25, 0.3) is 11.4 Å². The normalized spacial score (nSPS) is 10.8. The van der Waals surface area contributed by atoms with E-state index in [0.29, 0.717) is 22.5 Å². The van der Waals surface area contributed by atoms with Crippen LogP contribution in [0.4, 0.5) is 0 Å². The highest BCUT2D eigenvalue weighted by atomic mass is 35.5. The van der Waals surface area contributed by atoms with Crippen molar-refractivity contribution < 1.29 is 4.52 Å². The SMILES string of the molecule is Clc1ccc(-c2noc(CSc3nccs3)n2)cc1. The highest BCUT2D eigenvalue weighted by Gasteiger charge is 2.09. The Labute approximate surface area is 122 Å². The molecule has 0 fully saturated rings. The van der Waals surface area contributed by atoms with Gasteiger partial charge in [0.05, 0.1) is 5.75 Å². The third-order valence-corrected chi connectivity index (χ3v) is 4.50. The third kappa shape index (κ3) is 3.15. The minimum Gasteiger partial charge on any atom is -0.338 e. The van der Waals surface area contributed by atoms with Gasteiger partial charge in [-0.05, 0) is 24.3 Å². The van der Waals surface area contributed by atoms with Crippen LogP contribution in [0.5, 0.6) is 0 Å². The smallest absolute Gasteiger partial charge is 0.237 e. The molecule has 7 heteroatoms. The quantitative estimate of drug-likeness (QED) is 0.678. The van der Waals surface area contributed by atoms with E-state index in [1.807, 2.05) is 17.5 Å². The Hall–Kier alpha value is -1.37. The molecule has 4 nitrogen and oxygen atoms in total. The van der Waals surface area contributed by atoms with E-state index < -0.39 is 0 Å². The zero-order valence-electron chi connectivity index (χ0n) is 9.62. The standard InChI is InChI=1S/C12H8ClN3OS2/c13-9-3-1-8(2-4-9)11-15-10(17-16-11)7-19-12-14-5-6-18-12/h1-6H,7H2. The first kappa shape index (κ1) is 12.7. The van der Waals surface area contributed by atoms with E-state index in [9.17, 15) is 0 Å². The number of aromatic nitrogens is 3. The van der Waals surface area contributed by atoms with Crippen molar-refractivity contribution in [3.05, 3.63) is 46.8 Å². The van der Waals surface area contributed by atoms with Crippen LogP contribution in [0.2, 0.25) is 5.02 Å². The van der Waals surface area contributed by atoms with Crippen molar-refractivity contribution in [2.75, 3.05) is 0 Å². The Balaban J connectivity index is 1.70. The van der Waals surface area contributed by atoms with Gasteiger partial charge in [0.2, 0.25) is 11.7 Å². The minimum atomic E-state index is 0.575. The van der Waals surface area contributed by atoms with Gasteiger partial charge in [-0.3, -0.25) is 0 Å². The summed E-state index contributed by atoms with van der Waals surface area (Å²) in [6.07, 6.45) is 1.78. The summed E-state index contributed by atoms with van der Waals surface area (Å²) in [6, 6.07) is 7.34. The summed E-state index contributed by atoms with van der Waals surface area (Å²) < 4.78 is 6.20. The lowest BCUT2D eigenvalue weighted by Gasteiger charge is -1.93. The van der Waals surface area contributed by atoms with Gasteiger partial charge in [-0.1, -0.05) is 28.5 Å². The average Bonchev–Trinajstić information content (AvgIpc) is 3.09. The van der Waals surface area contributed by atoms with Crippen LogP contribution in [0.15, 0.2) is 44.7 Å². The van der Waals surface area contributed by atoms with Gasteiger partial charge < -0.3 is 4.52 Å². The maximum Gasteiger partial charge on any atom is 0.237 e. The van der Waals surface area contributed by atoms with Gasteiger partial charge in [0, 0.05) is 22.2 Å². The Morgan fingerprint density at radius 1 is 1.26 bits per heavy atom. The fourth-order valence-electron chi connectivity index (χ4n) is 1.43. The minimum absolute atomic E-state index is 0.575. The third-order valence-electron chi connectivity index (χ3n) is 2.30. The highest BCUT2D eigenvalue weighted by molar-refractivity contribution is 8.00. The molecule has 0 aliphatic heterocycles. The first-order valence-electron chi connectivity index (χ1n) is 5.42. The molecule has 0 atom stereocenters. The summed E-state index contributed by atoms with van der Waals surface area (Å²) in [5, 5.41) is 6.58. The number of nitrogens with zero attached hydrogens (tertiary/aromatic N) is 3. The second kappa shape index (κ2) is 5.73. The number of hydrogen-bond donors (Lipinski definition) is 0. The second-order valence-corrected chi connectivity index (χ2v) is 6.16. The van der Waals surface area contributed by atoms with Crippen molar-refractivity contribution >= 4 is 34.7 Å². The Morgan fingerprint density at radius 2 is 2.11 bits per heavy atom. The highest BCUT2D eigenvalue weighted by Crippen LogP contribution is 2.25. The molecular weight excluding hydrogens is 302 g/mol. The second-order valence-electron chi connectivity index (χ2n) is 3.61. The van der Waals surface area contributed by atoms with Gasteiger partial charge >= 0.3 is 0 Å². The van der Waals surface area contributed by atoms with Crippen molar-refractivity contribution in [3.8, 4) is 11.4 Å². The fourth-order valence-corrected chi connectivity index (χ4v) is 3.04. The molecule has 0 N–H and O–H groups in total. The van der Waals surface area contributed by atoms with Crippen LogP contribution in [-0.4, -0.2) is 15.1 Å². The fraction of sp³-hybridized carbons (Fsp3) is 0.0833. The molecule has 3 aromatic rings. The first-order valence-corrected chi connectivity index (χ1v) is 7.66. The molecule has 0 aliphatic carbocycles. The molecule has 0 radical (unpaired) electrons. The zero-order chi connectivity index (χ0) is 13.1. The summed E-state index contributed by atoms with van der Waals surface area (Å²) >= 11 is 9.01. The lowest BCUT2D eigenvalue weighted by molar-refractivity contribution is 0.391. The van der Waals surface area contributed by atoms with Crippen LogP contribution in [-0.2, 0) is 5.75 Å². The van der Waals surface area contributed by atoms with E-state index in [2.05, 4.69) is 15.1 Å². The summed E-state index contributed by atoms with van der Waals surface area (Å²) in [5.41, 5.74) is 0.888. The molecule has 3 rings (SSSR count). The Morgan fingerprint density at radius 3 is 2.84 bits per heavy atom. The molecule has 19 heavy (non-hydrogen) atoms. The number of hydrogen-bond acceptors (Lipinski definition) is 6. The Bertz CT molecular complexity index is 652. The van der Waals surface area contributed by atoms with Crippen molar-refractivity contribution in [3.63, 3.8) is 0 Å². The molecular formula is C12H8ClN3OS2. The van der Waals surface area contributed by atoms with Gasteiger partial charge in [-0.15, -0.1) is 11.3 Å². The number of rotatable bonds is 4. The molecule has 96 valence electrons. The topological polar surface area (TPSA) is 51.8 Å². The van der Waals surface area contributed by atoms with E-state index in [4.69, 9.17) is 16.1 Å². The molecule has 0 bridgehead atoms. The van der Waals surface area contributed by atoms with E-state index in [0.717, 1.165) is 9.90 Å². The summed E-state index contributed by atoms with van der Waals surface area (Å²) in [4.78, 5) is 8.53. The average molecular weight is 310 g/mol. The number of thioether (sulfide) groups is 1. The Kier molecular flexibility index (Phi) is 3.82. The zero-order valence-corrected chi connectivity index (χ0v) is 12.0. The molecule has 2 aromatic heterocycles. The van der Waals surface area contributed by atoms with Crippen LogP contribution in [0.3, 0.4) is 0 Å². The molecule has 0 amide bonds. The van der Waals surface area contributed by atoms with E-state index in [-0.39, 0.29) is 0 Å². The summed E-state index contributed by atoms with van der Waals surface area (Å²) in [5.74, 6) is 1.78. The van der Waals surface area contributed by atoms with Gasteiger partial charge in [-0.2, -0.15) is 4.98 Å². The van der Waals surface area contributed by atoms with Crippen molar-refractivity contribution in [2.45, 2.75) is 10.1 Å². The molecule has 0 unspecified atom stereocenters. The predicted octanol–water partition coefficient (Wildman–Crippen LogP) is 4.14. The van der Waals surface area contributed by atoms with Crippen LogP contribution in [0.1, 0.15) is 5.89 Å². The maximum atomic E-state index is 5.84. The van der Waals surface area contributed by atoms with Crippen LogP contribution >= 0.6 is 34.7 Å². The lowest BCUT2D eigenvalue weighted by Crippen LogP contribution is -1.82. The number of benzene rings is 1. The lowest BCUT2D eigenvalue weighted by atomic mass is 10.2. The molecule has 0 spiro atoms. The number of thiazole rings is 1. The van der Waals surface area contributed by atoms with Crippen molar-refractivity contribution in [2.24, 2.45) is 0 Å². The van der Waals surface area contributed by atoms with E-state index >= 15 is 0 Å². The van der Waals surface area contributed by atoms with Crippen molar-refractivity contribution in [1.29, 1.82) is 0 Å². The van der Waals surface area contributed by atoms with E-state index in [1.54, 1.807) is 41.4 Å². The summed E-state index contributed by atoms with van der Waals surface area (Å²) in [7, 11) is 0. The van der Waals surface area contributed by atoms with Gasteiger partial charge in [0.25, 0.3) is 0 Å². The molecule has 0 saturated carbocycles. The van der Waals surface area contributed by atoms with Crippen LogP contribution in [0, 0.1) is 0 Å². The maximum absolute atomic E-state index is 5.84. The summed E-state index contributed by atoms with van der Waals surface area (Å²) in [6.45, 7) is 0. The predicted molar refractivity (Wildman–Crippen MR) is 76.4 cm³/mol. The number of halogens is 1. The van der Waals surface area contributed by atoms with Crippen molar-refractivity contribution in [1.82, 2.24) is 15.1 Å². The monoisotopic (exact) mass is 309 g/mol. The molecule has 2 heterocycles. The van der Waals surface area contributed by atoms with E-state index in [1.165, 1.54) is 0 Å². The first-order chi connectivity index (χ1) is 9.31. The largest absolute Gasteiger partial charge is 0.338 e. The molecule has 0 aliphatic rings. The van der Waals surface area contributed by atoms with Gasteiger partial charge in [-0.25, -0.2) is 4.98 Å². The van der Waals surface area contributed by atoms with Gasteiger partial charge in [0.1, 0.15) is 4.34 Å². The van der Waals surface area contributed by atoms with Crippen LogP contribution < -0.4 is 0 Å². The van der Waals surface area contributed by atoms with Gasteiger partial charge in [0.15, 0.2) is 0 Å². The molecule has 0 saturated heterocycles. The molecule has 1 aromatic carbocycles.